The number of rotatable bonds is 6. The van der Waals surface area contributed by atoms with Crippen LogP contribution in [0.1, 0.15) is 22.3 Å². The number of benzene rings is 1. The smallest absolute Gasteiger partial charge is 0.358 e. The number of hydrazone groups is 1. The molecule has 14 heteroatoms. The third-order valence-corrected chi connectivity index (χ3v) is 6.94. The van der Waals surface area contributed by atoms with Crippen LogP contribution in [0, 0.1) is 6.92 Å². The van der Waals surface area contributed by atoms with Crippen LogP contribution in [0.2, 0.25) is 10.0 Å². The number of aromatic nitrogens is 2. The van der Waals surface area contributed by atoms with E-state index in [0.717, 1.165) is 0 Å². The highest BCUT2D eigenvalue weighted by atomic mass is 35.5. The van der Waals surface area contributed by atoms with Crippen LogP contribution in [0.25, 0.3) is 0 Å². The third-order valence-electron chi connectivity index (χ3n) is 5.26. The van der Waals surface area contributed by atoms with E-state index in [-0.39, 0.29) is 39.4 Å². The van der Waals surface area contributed by atoms with Gasteiger partial charge in [-0.15, -0.1) is 5.10 Å². The average Bonchev–Trinajstić information content (AvgIpc) is 3.28. The highest BCUT2D eigenvalue weighted by Gasteiger charge is 2.39. The molecular formula is C23H20Cl2N6O5S. The van der Waals surface area contributed by atoms with E-state index in [0.29, 0.717) is 10.6 Å². The van der Waals surface area contributed by atoms with Gasteiger partial charge in [0.05, 0.1) is 22.7 Å². The molecule has 0 saturated heterocycles. The number of pyridine rings is 2. The van der Waals surface area contributed by atoms with Gasteiger partial charge in [-0.2, -0.15) is 8.42 Å². The van der Waals surface area contributed by atoms with Crippen molar-refractivity contribution in [2.75, 3.05) is 17.4 Å². The monoisotopic (exact) mass is 562 g/mol. The largest absolute Gasteiger partial charge is 0.360 e. The molecule has 3 aromatic rings. The minimum Gasteiger partial charge on any atom is -0.360 e. The van der Waals surface area contributed by atoms with Gasteiger partial charge >= 0.3 is 10.1 Å². The number of amides is 2. The van der Waals surface area contributed by atoms with Gasteiger partial charge in [0.25, 0.3) is 5.91 Å². The normalized spacial score (nSPS) is 15.2. The number of nitrogens with zero attached hydrogens (tertiary/aromatic N) is 4. The van der Waals surface area contributed by atoms with Gasteiger partial charge in [-0.05, 0) is 48.9 Å². The predicted molar refractivity (Wildman–Crippen MR) is 138 cm³/mol. The van der Waals surface area contributed by atoms with Gasteiger partial charge in [0.15, 0.2) is 10.8 Å². The quantitative estimate of drug-likeness (QED) is 0.435. The molecule has 1 aliphatic rings. The number of carbonyl (C=O) groups excluding carboxylic acids is 2. The van der Waals surface area contributed by atoms with Crippen molar-refractivity contribution in [2.24, 2.45) is 5.10 Å². The highest BCUT2D eigenvalue weighted by molar-refractivity contribution is 7.87. The van der Waals surface area contributed by atoms with Crippen LogP contribution in [0.5, 0.6) is 0 Å². The molecule has 0 saturated carbocycles. The van der Waals surface area contributed by atoms with Gasteiger partial charge in [0.1, 0.15) is 6.04 Å². The maximum absolute atomic E-state index is 13.5. The Bertz CT molecular complexity index is 1500. The molecule has 4 rings (SSSR count). The molecule has 1 atom stereocenters. The number of nitrogens with one attached hydrogen (secondary N) is 2. The fraction of sp³-hybridized carbons (Fsp3) is 0.174. The van der Waals surface area contributed by atoms with Gasteiger partial charge in [0, 0.05) is 24.5 Å². The average molecular weight is 563 g/mol. The number of hydrogen-bond acceptors (Lipinski definition) is 9. The molecule has 0 aliphatic carbocycles. The lowest BCUT2D eigenvalue weighted by atomic mass is 10.1. The number of carbonyl (C=O) groups is 2. The van der Waals surface area contributed by atoms with Crippen molar-refractivity contribution in [1.82, 2.24) is 15.3 Å². The van der Waals surface area contributed by atoms with Crippen LogP contribution in [0.15, 0.2) is 65.0 Å². The van der Waals surface area contributed by atoms with E-state index in [1.54, 1.807) is 31.2 Å². The third kappa shape index (κ3) is 5.66. The summed E-state index contributed by atoms with van der Waals surface area (Å²) < 4.78 is 30.6. The van der Waals surface area contributed by atoms with Crippen LogP contribution in [0.3, 0.4) is 0 Å². The Morgan fingerprint density at radius 1 is 1.11 bits per heavy atom. The van der Waals surface area contributed by atoms with Crippen LogP contribution in [-0.2, 0) is 19.1 Å². The summed E-state index contributed by atoms with van der Waals surface area (Å²) in [5.74, 6) is -1.24. The summed E-state index contributed by atoms with van der Waals surface area (Å²) in [4.78, 5) is 33.9. The van der Waals surface area contributed by atoms with Crippen molar-refractivity contribution < 1.29 is 22.2 Å². The van der Waals surface area contributed by atoms with Crippen LogP contribution in [-0.4, -0.2) is 49.2 Å². The molecule has 0 radical (unpaired) electrons. The Balaban J connectivity index is 1.68. The first kappa shape index (κ1) is 26.3. The van der Waals surface area contributed by atoms with E-state index < -0.39 is 28.0 Å². The Morgan fingerprint density at radius 2 is 1.86 bits per heavy atom. The molecule has 0 bridgehead atoms. The van der Waals surface area contributed by atoms with Crippen molar-refractivity contribution >= 4 is 62.5 Å². The van der Waals surface area contributed by atoms with Crippen molar-refractivity contribution in [2.45, 2.75) is 24.4 Å². The van der Waals surface area contributed by atoms with E-state index >= 15 is 0 Å². The predicted octanol–water partition coefficient (Wildman–Crippen LogP) is 3.39. The molecular weight excluding hydrogens is 543 g/mol. The molecule has 0 fully saturated rings. The molecule has 37 heavy (non-hydrogen) atoms. The Morgan fingerprint density at radius 3 is 2.54 bits per heavy atom. The number of aryl methyl sites for hydroxylation is 1. The summed E-state index contributed by atoms with van der Waals surface area (Å²) in [6.45, 7) is 1.68. The molecule has 1 unspecified atom stereocenters. The Kier molecular flexibility index (Phi) is 7.62. The van der Waals surface area contributed by atoms with E-state index in [2.05, 4.69) is 25.7 Å². The molecule has 3 heterocycles. The first-order valence-electron chi connectivity index (χ1n) is 10.8. The van der Waals surface area contributed by atoms with Gasteiger partial charge in [-0.1, -0.05) is 29.3 Å². The van der Waals surface area contributed by atoms with Gasteiger partial charge in [0.2, 0.25) is 11.8 Å². The maximum atomic E-state index is 13.5. The summed E-state index contributed by atoms with van der Waals surface area (Å²) in [7, 11) is -2.87. The molecule has 0 spiro atoms. The first-order chi connectivity index (χ1) is 17.6. The molecule has 1 aliphatic heterocycles. The van der Waals surface area contributed by atoms with E-state index in [1.807, 2.05) is 0 Å². The topological polar surface area (TPSA) is 143 Å². The molecule has 1 aromatic carbocycles. The second kappa shape index (κ2) is 10.7. The fourth-order valence-electron chi connectivity index (χ4n) is 3.57. The number of halogens is 2. The summed E-state index contributed by atoms with van der Waals surface area (Å²) in [6.07, 6.45) is 2.51. The summed E-state index contributed by atoms with van der Waals surface area (Å²) >= 11 is 12.4. The molecule has 2 aromatic heterocycles. The van der Waals surface area contributed by atoms with Gasteiger partial charge in [-0.3, -0.25) is 9.59 Å². The minimum absolute atomic E-state index is 0.109. The Labute approximate surface area is 222 Å². The van der Waals surface area contributed by atoms with Crippen LogP contribution < -0.4 is 15.6 Å². The van der Waals surface area contributed by atoms with Crippen LogP contribution in [0.4, 0.5) is 11.5 Å². The summed E-state index contributed by atoms with van der Waals surface area (Å²) in [5, 5.41) is 10.8. The van der Waals surface area contributed by atoms with Crippen molar-refractivity contribution in [3.05, 3.63) is 76.0 Å². The van der Waals surface area contributed by atoms with Crippen LogP contribution >= 0.6 is 23.2 Å². The lowest BCUT2D eigenvalue weighted by Crippen LogP contribution is -2.39. The zero-order valence-electron chi connectivity index (χ0n) is 19.5. The maximum Gasteiger partial charge on any atom is 0.358 e. The standard InChI is InChI=1S/C23H20Cl2N6O5S/c1-13-10-14(24)11-15(22(32)26-2)20(13)29-23(33)17-12-18(30-31(17)21-16(25)6-5-9-28-21)36-37(34,35)19-7-3-4-8-27-19/h3-11,17H,12H2,1-2H3,(H,26,32)(H,29,33). The highest BCUT2D eigenvalue weighted by Crippen LogP contribution is 2.32. The fourth-order valence-corrected chi connectivity index (χ4v) is 4.93. The van der Waals surface area contributed by atoms with Gasteiger partial charge in [-0.25, -0.2) is 15.0 Å². The number of hydrogen-bond donors (Lipinski definition) is 2. The Hall–Kier alpha value is -3.74. The molecule has 2 N–H and O–H groups in total. The minimum atomic E-state index is -4.32. The second-order valence-corrected chi connectivity index (χ2v) is 10.1. The zero-order valence-corrected chi connectivity index (χ0v) is 21.8. The molecule has 11 nitrogen and oxygen atoms in total. The second-order valence-electron chi connectivity index (χ2n) is 7.79. The summed E-state index contributed by atoms with van der Waals surface area (Å²) in [6, 6.07) is 9.37. The van der Waals surface area contributed by atoms with E-state index in [9.17, 15) is 18.0 Å². The zero-order chi connectivity index (χ0) is 26.7. The number of anilines is 2. The van der Waals surface area contributed by atoms with E-state index in [1.165, 1.54) is 42.6 Å². The van der Waals surface area contributed by atoms with Gasteiger partial charge < -0.3 is 14.8 Å². The van der Waals surface area contributed by atoms with Crippen molar-refractivity contribution in [1.29, 1.82) is 0 Å². The lowest BCUT2D eigenvalue weighted by molar-refractivity contribution is -0.117. The van der Waals surface area contributed by atoms with Crippen molar-refractivity contribution in [3.8, 4) is 0 Å². The lowest BCUT2D eigenvalue weighted by Gasteiger charge is -2.23. The first-order valence-corrected chi connectivity index (χ1v) is 12.9. The SMILES string of the molecule is CNC(=O)c1cc(Cl)cc(C)c1NC(=O)C1CC(OS(=O)(=O)c2ccccn2)=NN1c1ncccc1Cl. The van der Waals surface area contributed by atoms with E-state index in [4.69, 9.17) is 27.4 Å². The molecule has 2 amide bonds. The molecule has 192 valence electrons. The summed E-state index contributed by atoms with van der Waals surface area (Å²) in [5.41, 5.74) is 0.919. The van der Waals surface area contributed by atoms with Crippen molar-refractivity contribution in [3.63, 3.8) is 0 Å².